The van der Waals surface area contributed by atoms with Crippen LogP contribution < -0.4 is 5.32 Å². The summed E-state index contributed by atoms with van der Waals surface area (Å²) in [5.41, 5.74) is 1.40. The Morgan fingerprint density at radius 3 is 2.50 bits per heavy atom. The normalized spacial score (nSPS) is 12.2. The SMILES string of the molecule is Cc1nc(C)n(-c2ccc(C(=O)NC(C)CO)cc2)n1. The third-order valence-corrected chi connectivity index (χ3v) is 2.90. The third-order valence-electron chi connectivity index (χ3n) is 2.90. The summed E-state index contributed by atoms with van der Waals surface area (Å²) in [5.74, 6) is 1.30. The first kappa shape index (κ1) is 14.2. The second kappa shape index (κ2) is 5.83. The van der Waals surface area contributed by atoms with Gasteiger partial charge in [0, 0.05) is 11.6 Å². The zero-order valence-electron chi connectivity index (χ0n) is 11.8. The largest absolute Gasteiger partial charge is 0.394 e. The van der Waals surface area contributed by atoms with Gasteiger partial charge in [-0.3, -0.25) is 4.79 Å². The van der Waals surface area contributed by atoms with Crippen molar-refractivity contribution in [3.63, 3.8) is 0 Å². The van der Waals surface area contributed by atoms with Crippen LogP contribution in [0.3, 0.4) is 0 Å². The Kier molecular flexibility index (Phi) is 4.14. The summed E-state index contributed by atoms with van der Waals surface area (Å²) in [7, 11) is 0. The molecule has 2 N–H and O–H groups in total. The van der Waals surface area contributed by atoms with Crippen molar-refractivity contribution in [2.75, 3.05) is 6.61 Å². The number of aliphatic hydroxyl groups is 1. The Balaban J connectivity index is 2.18. The highest BCUT2D eigenvalue weighted by atomic mass is 16.3. The first-order valence-electron chi connectivity index (χ1n) is 6.43. The molecule has 1 aromatic heterocycles. The molecule has 1 amide bonds. The molecule has 0 saturated heterocycles. The second-order valence-electron chi connectivity index (χ2n) is 4.72. The molecule has 1 unspecified atom stereocenters. The van der Waals surface area contributed by atoms with Gasteiger partial charge in [0.15, 0.2) is 0 Å². The summed E-state index contributed by atoms with van der Waals surface area (Å²) in [6, 6.07) is 6.83. The summed E-state index contributed by atoms with van der Waals surface area (Å²) in [6.07, 6.45) is 0. The van der Waals surface area contributed by atoms with Crippen LogP contribution in [0.15, 0.2) is 24.3 Å². The lowest BCUT2D eigenvalue weighted by Crippen LogP contribution is -2.34. The minimum absolute atomic E-state index is 0.0821. The van der Waals surface area contributed by atoms with Crippen LogP contribution in [-0.4, -0.2) is 38.4 Å². The highest BCUT2D eigenvalue weighted by Crippen LogP contribution is 2.11. The lowest BCUT2D eigenvalue weighted by molar-refractivity contribution is 0.0922. The van der Waals surface area contributed by atoms with E-state index in [4.69, 9.17) is 5.11 Å². The predicted molar refractivity (Wildman–Crippen MR) is 74.8 cm³/mol. The second-order valence-corrected chi connectivity index (χ2v) is 4.72. The number of nitrogens with one attached hydrogen (secondary N) is 1. The number of hydrogen-bond donors (Lipinski definition) is 2. The van der Waals surface area contributed by atoms with Crippen molar-refractivity contribution in [1.29, 1.82) is 0 Å². The summed E-state index contributed by atoms with van der Waals surface area (Å²) in [6.45, 7) is 5.38. The molecule has 1 atom stereocenters. The number of amides is 1. The maximum atomic E-state index is 11.9. The fraction of sp³-hybridized carbons (Fsp3) is 0.357. The smallest absolute Gasteiger partial charge is 0.251 e. The molecule has 20 heavy (non-hydrogen) atoms. The minimum Gasteiger partial charge on any atom is -0.394 e. The molecule has 0 aliphatic carbocycles. The Labute approximate surface area is 117 Å². The van der Waals surface area contributed by atoms with Gasteiger partial charge in [-0.15, -0.1) is 0 Å². The number of aromatic nitrogens is 3. The molecule has 0 saturated carbocycles. The van der Waals surface area contributed by atoms with Gasteiger partial charge < -0.3 is 10.4 Å². The van der Waals surface area contributed by atoms with E-state index < -0.39 is 0 Å². The molecule has 1 heterocycles. The van der Waals surface area contributed by atoms with Crippen molar-refractivity contribution in [3.05, 3.63) is 41.5 Å². The van der Waals surface area contributed by atoms with E-state index in [1.165, 1.54) is 0 Å². The van der Waals surface area contributed by atoms with Crippen LogP contribution in [0.25, 0.3) is 5.69 Å². The average Bonchev–Trinajstić information content (AvgIpc) is 2.77. The van der Waals surface area contributed by atoms with Crippen LogP contribution in [0, 0.1) is 13.8 Å². The van der Waals surface area contributed by atoms with Crippen LogP contribution in [0.5, 0.6) is 0 Å². The molecule has 6 nitrogen and oxygen atoms in total. The minimum atomic E-state index is -0.262. The molecular formula is C14H18N4O2. The van der Waals surface area contributed by atoms with Crippen LogP contribution in [0.2, 0.25) is 0 Å². The van der Waals surface area contributed by atoms with E-state index in [0.717, 1.165) is 11.5 Å². The Hall–Kier alpha value is -2.21. The quantitative estimate of drug-likeness (QED) is 0.871. The number of aliphatic hydroxyl groups excluding tert-OH is 1. The maximum Gasteiger partial charge on any atom is 0.251 e. The standard InChI is InChI=1S/C14H18N4O2/c1-9(8-19)15-14(20)12-4-6-13(7-5-12)18-11(3)16-10(2)17-18/h4-7,9,19H,8H2,1-3H3,(H,15,20). The molecule has 2 rings (SSSR count). The zero-order chi connectivity index (χ0) is 14.7. The summed E-state index contributed by atoms with van der Waals surface area (Å²) in [4.78, 5) is 16.1. The molecule has 0 aliphatic heterocycles. The number of carbonyl (C=O) groups excluding carboxylic acids is 1. The van der Waals surface area contributed by atoms with Gasteiger partial charge in [0.05, 0.1) is 12.3 Å². The van der Waals surface area contributed by atoms with E-state index in [1.54, 1.807) is 23.7 Å². The number of hydrogen-bond acceptors (Lipinski definition) is 4. The topological polar surface area (TPSA) is 80.0 Å². The van der Waals surface area contributed by atoms with Crippen molar-refractivity contribution in [1.82, 2.24) is 20.1 Å². The van der Waals surface area contributed by atoms with Crippen molar-refractivity contribution in [3.8, 4) is 5.69 Å². The van der Waals surface area contributed by atoms with Gasteiger partial charge in [-0.25, -0.2) is 9.67 Å². The number of benzene rings is 1. The summed E-state index contributed by atoms with van der Waals surface area (Å²) < 4.78 is 1.73. The van der Waals surface area contributed by atoms with Crippen molar-refractivity contribution in [2.45, 2.75) is 26.8 Å². The van der Waals surface area contributed by atoms with E-state index in [-0.39, 0.29) is 18.6 Å². The first-order chi connectivity index (χ1) is 9.51. The van der Waals surface area contributed by atoms with E-state index >= 15 is 0 Å². The van der Waals surface area contributed by atoms with E-state index in [0.29, 0.717) is 11.4 Å². The van der Waals surface area contributed by atoms with Crippen LogP contribution >= 0.6 is 0 Å². The lowest BCUT2D eigenvalue weighted by Gasteiger charge is -2.11. The Morgan fingerprint density at radius 1 is 1.35 bits per heavy atom. The van der Waals surface area contributed by atoms with Crippen LogP contribution in [-0.2, 0) is 0 Å². The zero-order valence-corrected chi connectivity index (χ0v) is 11.8. The first-order valence-corrected chi connectivity index (χ1v) is 6.43. The number of aryl methyl sites for hydroxylation is 2. The average molecular weight is 274 g/mol. The van der Waals surface area contributed by atoms with Gasteiger partial charge in [-0.1, -0.05) is 0 Å². The molecule has 0 aliphatic rings. The third kappa shape index (κ3) is 3.03. The molecular weight excluding hydrogens is 256 g/mol. The molecule has 106 valence electrons. The molecule has 0 bridgehead atoms. The molecule has 0 spiro atoms. The Morgan fingerprint density at radius 2 is 2.00 bits per heavy atom. The van der Waals surface area contributed by atoms with Crippen LogP contribution in [0.4, 0.5) is 0 Å². The summed E-state index contributed by atoms with van der Waals surface area (Å²) >= 11 is 0. The maximum absolute atomic E-state index is 11.9. The fourth-order valence-electron chi connectivity index (χ4n) is 1.87. The fourth-order valence-corrected chi connectivity index (χ4v) is 1.87. The van der Waals surface area contributed by atoms with Gasteiger partial charge in [0.2, 0.25) is 0 Å². The highest BCUT2D eigenvalue weighted by Gasteiger charge is 2.10. The molecule has 0 radical (unpaired) electrons. The van der Waals surface area contributed by atoms with Gasteiger partial charge in [0.1, 0.15) is 11.6 Å². The highest BCUT2D eigenvalue weighted by molar-refractivity contribution is 5.94. The number of rotatable bonds is 4. The van der Waals surface area contributed by atoms with Crippen molar-refractivity contribution in [2.24, 2.45) is 0 Å². The molecule has 6 heteroatoms. The molecule has 2 aromatic rings. The van der Waals surface area contributed by atoms with Gasteiger partial charge in [-0.05, 0) is 45.0 Å². The predicted octanol–water partition coefficient (Wildman–Crippen LogP) is 0.995. The van der Waals surface area contributed by atoms with E-state index in [1.807, 2.05) is 26.0 Å². The number of carbonyl (C=O) groups is 1. The number of nitrogens with zero attached hydrogens (tertiary/aromatic N) is 3. The molecule has 1 aromatic carbocycles. The van der Waals surface area contributed by atoms with Crippen molar-refractivity contribution >= 4 is 5.91 Å². The van der Waals surface area contributed by atoms with Gasteiger partial charge >= 0.3 is 0 Å². The molecule has 0 fully saturated rings. The van der Waals surface area contributed by atoms with Gasteiger partial charge in [-0.2, -0.15) is 5.10 Å². The van der Waals surface area contributed by atoms with Crippen molar-refractivity contribution < 1.29 is 9.90 Å². The monoisotopic (exact) mass is 274 g/mol. The summed E-state index contributed by atoms with van der Waals surface area (Å²) in [5, 5.41) is 15.9. The Bertz CT molecular complexity index is 604. The lowest BCUT2D eigenvalue weighted by atomic mass is 10.2. The van der Waals surface area contributed by atoms with E-state index in [9.17, 15) is 4.79 Å². The van der Waals surface area contributed by atoms with Gasteiger partial charge in [0.25, 0.3) is 5.91 Å². The van der Waals surface area contributed by atoms with E-state index in [2.05, 4.69) is 15.4 Å². The van der Waals surface area contributed by atoms with Crippen LogP contribution in [0.1, 0.15) is 28.9 Å².